The highest BCUT2D eigenvalue weighted by atomic mass is 16.5. The van der Waals surface area contributed by atoms with E-state index in [4.69, 9.17) is 4.74 Å². The van der Waals surface area contributed by atoms with Gasteiger partial charge in [0, 0.05) is 5.69 Å². The van der Waals surface area contributed by atoms with Gasteiger partial charge >= 0.3 is 5.97 Å². The fraction of sp³-hybridized carbons (Fsp3) is 0.273. The number of ether oxygens (including phenoxy) is 1. The molecule has 0 fully saturated rings. The van der Waals surface area contributed by atoms with Gasteiger partial charge in [-0.1, -0.05) is 17.7 Å². The van der Waals surface area contributed by atoms with Crippen molar-refractivity contribution < 1.29 is 14.3 Å². The number of amides is 1. The summed E-state index contributed by atoms with van der Waals surface area (Å²) in [6, 6.07) is 10.7. The number of hydrogen-bond acceptors (Lipinski definition) is 5. The van der Waals surface area contributed by atoms with Crippen LogP contribution in [0.3, 0.4) is 0 Å². The van der Waals surface area contributed by atoms with Crippen LogP contribution < -0.4 is 5.32 Å². The summed E-state index contributed by atoms with van der Waals surface area (Å²) in [4.78, 5) is 33.8. The molecule has 2 aromatic carbocycles. The highest BCUT2D eigenvalue weighted by Gasteiger charge is 2.20. The van der Waals surface area contributed by atoms with E-state index < -0.39 is 12.1 Å². The van der Waals surface area contributed by atoms with Gasteiger partial charge in [0.2, 0.25) is 0 Å². The number of nitrogens with zero attached hydrogens (tertiary/aromatic N) is 2. The van der Waals surface area contributed by atoms with Crippen LogP contribution in [0.25, 0.3) is 11.0 Å². The summed E-state index contributed by atoms with van der Waals surface area (Å²) in [5.74, 6) is -0.961. The predicted molar refractivity (Wildman–Crippen MR) is 108 cm³/mol. The smallest absolute Gasteiger partial charge is 0.338 e. The van der Waals surface area contributed by atoms with Crippen molar-refractivity contribution in [1.82, 2.24) is 9.97 Å². The van der Waals surface area contributed by atoms with E-state index in [-0.39, 0.29) is 5.91 Å². The fourth-order valence-corrected chi connectivity index (χ4v) is 2.83. The zero-order chi connectivity index (χ0) is 20.4. The van der Waals surface area contributed by atoms with Gasteiger partial charge in [-0.05, 0) is 64.4 Å². The highest BCUT2D eigenvalue weighted by Crippen LogP contribution is 2.18. The number of benzene rings is 2. The molecule has 0 bridgehead atoms. The minimum Gasteiger partial charge on any atom is -0.449 e. The van der Waals surface area contributed by atoms with Crippen molar-refractivity contribution in [3.63, 3.8) is 0 Å². The lowest BCUT2D eigenvalue weighted by molar-refractivity contribution is -0.123. The number of rotatable bonds is 4. The first kappa shape index (κ1) is 19.5. The molecule has 28 heavy (non-hydrogen) atoms. The van der Waals surface area contributed by atoms with Crippen LogP contribution >= 0.6 is 0 Å². The van der Waals surface area contributed by atoms with Crippen LogP contribution in [-0.4, -0.2) is 27.9 Å². The van der Waals surface area contributed by atoms with Gasteiger partial charge in [0.05, 0.1) is 28.0 Å². The average Bonchev–Trinajstić information content (AvgIpc) is 2.64. The standard InChI is InChI=1S/C22H23N3O3/c1-12-6-8-18(13(2)10-12)25-21(26)16(5)28-22(27)17-7-9-19-20(11-17)24-15(4)14(3)23-19/h6-11,16H,1-5H3,(H,25,26)/t16-/m0/s1. The summed E-state index contributed by atoms with van der Waals surface area (Å²) in [6.07, 6.45) is -0.935. The second-order valence-electron chi connectivity index (χ2n) is 6.95. The summed E-state index contributed by atoms with van der Waals surface area (Å²) in [6.45, 7) is 9.20. The van der Waals surface area contributed by atoms with E-state index in [9.17, 15) is 9.59 Å². The largest absolute Gasteiger partial charge is 0.449 e. The Morgan fingerprint density at radius 3 is 2.29 bits per heavy atom. The number of carbonyl (C=O) groups is 2. The molecule has 3 aromatic rings. The molecule has 0 aliphatic carbocycles. The molecule has 1 aromatic heterocycles. The first-order valence-electron chi connectivity index (χ1n) is 9.08. The molecule has 1 atom stereocenters. The third-order valence-electron chi connectivity index (χ3n) is 4.60. The summed E-state index contributed by atoms with van der Waals surface area (Å²) < 4.78 is 5.34. The molecule has 0 aliphatic rings. The van der Waals surface area contributed by atoms with Crippen molar-refractivity contribution in [1.29, 1.82) is 0 Å². The van der Waals surface area contributed by atoms with Gasteiger partial charge in [-0.3, -0.25) is 4.79 Å². The van der Waals surface area contributed by atoms with Crippen LogP contribution in [0.2, 0.25) is 0 Å². The molecule has 0 radical (unpaired) electrons. The van der Waals surface area contributed by atoms with Gasteiger partial charge in [-0.2, -0.15) is 0 Å². The maximum Gasteiger partial charge on any atom is 0.338 e. The Balaban J connectivity index is 1.71. The van der Waals surface area contributed by atoms with E-state index in [0.717, 1.165) is 22.5 Å². The Hall–Kier alpha value is -3.28. The highest BCUT2D eigenvalue weighted by molar-refractivity contribution is 5.98. The zero-order valence-electron chi connectivity index (χ0n) is 16.7. The molecule has 1 amide bonds. The third kappa shape index (κ3) is 4.17. The molecule has 0 aliphatic heterocycles. The fourth-order valence-electron chi connectivity index (χ4n) is 2.83. The first-order valence-corrected chi connectivity index (χ1v) is 9.08. The van der Waals surface area contributed by atoms with Crippen molar-refractivity contribution in [3.8, 4) is 0 Å². The first-order chi connectivity index (χ1) is 13.2. The molecule has 0 saturated heterocycles. The number of anilines is 1. The Morgan fingerprint density at radius 1 is 0.929 bits per heavy atom. The monoisotopic (exact) mass is 377 g/mol. The second kappa shape index (κ2) is 7.76. The lowest BCUT2D eigenvalue weighted by atomic mass is 10.1. The molecule has 6 nitrogen and oxygen atoms in total. The molecular formula is C22H23N3O3. The van der Waals surface area contributed by atoms with Crippen molar-refractivity contribution in [2.24, 2.45) is 0 Å². The van der Waals surface area contributed by atoms with Gasteiger partial charge < -0.3 is 10.1 Å². The molecular weight excluding hydrogens is 354 g/mol. The molecule has 3 rings (SSSR count). The number of fused-ring (bicyclic) bond motifs is 1. The number of aromatic nitrogens is 2. The van der Waals surface area contributed by atoms with E-state index >= 15 is 0 Å². The van der Waals surface area contributed by atoms with Crippen molar-refractivity contribution in [3.05, 3.63) is 64.5 Å². The molecule has 1 N–H and O–H groups in total. The van der Waals surface area contributed by atoms with Crippen molar-refractivity contribution in [2.45, 2.75) is 40.7 Å². The van der Waals surface area contributed by atoms with E-state index in [2.05, 4.69) is 15.3 Å². The van der Waals surface area contributed by atoms with Crippen LogP contribution in [0.15, 0.2) is 36.4 Å². The topological polar surface area (TPSA) is 81.2 Å². The van der Waals surface area contributed by atoms with E-state index in [1.165, 1.54) is 0 Å². The Labute approximate surface area is 164 Å². The maximum absolute atomic E-state index is 12.5. The van der Waals surface area contributed by atoms with Gasteiger partial charge in [0.15, 0.2) is 6.10 Å². The van der Waals surface area contributed by atoms with Crippen LogP contribution in [0.5, 0.6) is 0 Å². The molecule has 1 heterocycles. The molecule has 6 heteroatoms. The Bertz CT molecular complexity index is 1080. The number of hydrogen-bond donors (Lipinski definition) is 1. The maximum atomic E-state index is 12.5. The summed E-state index contributed by atoms with van der Waals surface area (Å²) >= 11 is 0. The normalized spacial score (nSPS) is 11.9. The number of nitrogens with one attached hydrogen (secondary N) is 1. The quantitative estimate of drug-likeness (QED) is 0.694. The van der Waals surface area contributed by atoms with Crippen LogP contribution in [0.4, 0.5) is 5.69 Å². The average molecular weight is 377 g/mol. The van der Waals surface area contributed by atoms with Gasteiger partial charge in [0.25, 0.3) is 5.91 Å². The van der Waals surface area contributed by atoms with Gasteiger partial charge in [-0.15, -0.1) is 0 Å². The van der Waals surface area contributed by atoms with E-state index in [0.29, 0.717) is 22.3 Å². The molecule has 0 saturated carbocycles. The van der Waals surface area contributed by atoms with Gasteiger partial charge in [-0.25, -0.2) is 14.8 Å². The zero-order valence-corrected chi connectivity index (χ0v) is 16.7. The van der Waals surface area contributed by atoms with E-state index in [1.807, 2.05) is 45.9 Å². The van der Waals surface area contributed by atoms with Crippen LogP contribution in [0.1, 0.15) is 39.8 Å². The number of esters is 1. The van der Waals surface area contributed by atoms with Crippen LogP contribution in [-0.2, 0) is 9.53 Å². The van der Waals surface area contributed by atoms with E-state index in [1.54, 1.807) is 25.1 Å². The Kier molecular flexibility index (Phi) is 5.40. The van der Waals surface area contributed by atoms with Crippen molar-refractivity contribution in [2.75, 3.05) is 5.32 Å². The SMILES string of the molecule is Cc1ccc(NC(=O)[C@H](C)OC(=O)c2ccc3nc(C)c(C)nc3c2)c(C)c1. The summed E-state index contributed by atoms with van der Waals surface area (Å²) in [5, 5.41) is 2.80. The number of aryl methyl sites for hydroxylation is 4. The molecule has 0 unspecified atom stereocenters. The minimum absolute atomic E-state index is 0.330. The third-order valence-corrected chi connectivity index (χ3v) is 4.60. The lowest BCUT2D eigenvalue weighted by Gasteiger charge is -2.15. The Morgan fingerprint density at radius 2 is 1.61 bits per heavy atom. The van der Waals surface area contributed by atoms with Crippen molar-refractivity contribution >= 4 is 28.6 Å². The predicted octanol–water partition coefficient (Wildman–Crippen LogP) is 4.05. The number of carbonyl (C=O) groups excluding carboxylic acids is 2. The minimum atomic E-state index is -0.935. The molecule has 0 spiro atoms. The van der Waals surface area contributed by atoms with Gasteiger partial charge in [0.1, 0.15) is 0 Å². The summed E-state index contributed by atoms with van der Waals surface area (Å²) in [7, 11) is 0. The summed E-state index contributed by atoms with van der Waals surface area (Å²) in [5.41, 5.74) is 6.07. The lowest BCUT2D eigenvalue weighted by Crippen LogP contribution is -2.30. The van der Waals surface area contributed by atoms with Crippen LogP contribution in [0, 0.1) is 27.7 Å². The second-order valence-corrected chi connectivity index (χ2v) is 6.95. The molecule has 144 valence electrons.